The van der Waals surface area contributed by atoms with Gasteiger partial charge in [-0.1, -0.05) is 77.3 Å². The zero-order valence-corrected chi connectivity index (χ0v) is 20.4. The molecule has 0 aromatic carbocycles. The number of unbranched alkanes of at least 4 members (excludes halogenated alkanes) is 3. The smallest absolute Gasteiger partial charge is 0.0903 e. The molecule has 29 heavy (non-hydrogen) atoms. The number of hydrogen-bond donors (Lipinski definition) is 0. The van der Waals surface area contributed by atoms with Crippen LogP contribution in [0.5, 0.6) is 0 Å². The molecule has 0 saturated carbocycles. The molecule has 160 valence electrons. The quantitative estimate of drug-likeness (QED) is 0.227. The topological polar surface area (TPSA) is 24.7 Å². The predicted molar refractivity (Wildman–Crippen MR) is 132 cm³/mol. The number of hydrogen-bond acceptors (Lipinski definition) is 2. The fraction of sp³-hybridized carbons (Fsp3) is 0.556. The van der Waals surface area contributed by atoms with E-state index in [1.54, 1.807) is 0 Å². The van der Waals surface area contributed by atoms with Crippen molar-refractivity contribution in [3.63, 3.8) is 0 Å². The normalized spacial score (nSPS) is 19.3. The van der Waals surface area contributed by atoms with Crippen molar-refractivity contribution in [2.75, 3.05) is 14.1 Å². The minimum absolute atomic E-state index is 0.169. The zero-order valence-electron chi connectivity index (χ0n) is 20.4. The first-order valence-electron chi connectivity index (χ1n) is 11.0. The zero-order chi connectivity index (χ0) is 22.2. The summed E-state index contributed by atoms with van der Waals surface area (Å²) in [5.74, 6) is 0. The molecular formula is C27H42N2. The van der Waals surface area contributed by atoms with Crippen LogP contribution in [0.25, 0.3) is 0 Å². The van der Waals surface area contributed by atoms with Crippen molar-refractivity contribution in [2.24, 2.45) is 15.4 Å². The number of allylic oxidation sites excluding steroid dienone is 9. The van der Waals surface area contributed by atoms with E-state index in [4.69, 9.17) is 0 Å². The second-order valence-electron chi connectivity index (χ2n) is 9.12. The van der Waals surface area contributed by atoms with E-state index in [1.165, 1.54) is 42.4 Å². The van der Waals surface area contributed by atoms with Gasteiger partial charge in [-0.05, 0) is 55.7 Å². The molecule has 2 heteroatoms. The average Bonchev–Trinajstić information content (AvgIpc) is 2.67. The van der Waals surface area contributed by atoms with Gasteiger partial charge in [0, 0.05) is 25.2 Å². The van der Waals surface area contributed by atoms with E-state index in [0.29, 0.717) is 0 Å². The van der Waals surface area contributed by atoms with Crippen LogP contribution in [0.15, 0.2) is 68.2 Å². The molecule has 0 saturated heterocycles. The van der Waals surface area contributed by atoms with E-state index >= 15 is 0 Å². The molecule has 0 fully saturated rings. The van der Waals surface area contributed by atoms with Crippen LogP contribution >= 0.6 is 0 Å². The summed E-state index contributed by atoms with van der Waals surface area (Å²) in [4.78, 5) is 9.14. The maximum atomic E-state index is 4.60. The van der Waals surface area contributed by atoms with E-state index in [1.807, 2.05) is 21.0 Å². The molecule has 0 unspecified atom stereocenters. The van der Waals surface area contributed by atoms with Gasteiger partial charge in [0.1, 0.15) is 0 Å². The van der Waals surface area contributed by atoms with Crippen LogP contribution in [0, 0.1) is 5.41 Å². The van der Waals surface area contributed by atoms with Crippen LogP contribution in [0.3, 0.4) is 0 Å². The van der Waals surface area contributed by atoms with Crippen molar-refractivity contribution in [3.8, 4) is 0 Å². The van der Waals surface area contributed by atoms with Crippen LogP contribution in [0.2, 0.25) is 0 Å². The molecule has 0 spiro atoms. The minimum atomic E-state index is 0.169. The van der Waals surface area contributed by atoms with Crippen LogP contribution < -0.4 is 0 Å². The summed E-state index contributed by atoms with van der Waals surface area (Å²) in [5.41, 5.74) is 9.50. The third-order valence-corrected chi connectivity index (χ3v) is 5.78. The lowest BCUT2D eigenvalue weighted by Gasteiger charge is -2.24. The Hall–Kier alpha value is -1.96. The SMILES string of the molecule is C=C(C)C1=CC=C(/C(C)=C/C(CCCCCC)=C(\C)C(C)(C)C)C(=NC)C1=NC. The maximum absolute atomic E-state index is 4.60. The Bertz CT molecular complexity index is 787. The highest BCUT2D eigenvalue weighted by atomic mass is 14.8. The van der Waals surface area contributed by atoms with Crippen LogP contribution in [0.4, 0.5) is 0 Å². The molecule has 1 aliphatic carbocycles. The standard InChI is InChI=1S/C27H42N2/c1-11-12-13-14-15-22(21(5)27(6,7)8)18-20(4)24-17-16-23(19(2)3)25(28-9)26(24)29-10/h16-18H,2,11-15H2,1,3-10H3/b20-18+,22-21+,28-25?,29-26?. The van der Waals surface area contributed by atoms with Gasteiger partial charge >= 0.3 is 0 Å². The van der Waals surface area contributed by atoms with Crippen LogP contribution in [-0.4, -0.2) is 25.5 Å². The van der Waals surface area contributed by atoms with Crippen LogP contribution in [0.1, 0.15) is 80.6 Å². The van der Waals surface area contributed by atoms with E-state index in [-0.39, 0.29) is 5.41 Å². The number of aliphatic imine (C=N–C) groups is 2. The van der Waals surface area contributed by atoms with Crippen molar-refractivity contribution in [3.05, 3.63) is 58.2 Å². The highest BCUT2D eigenvalue weighted by Crippen LogP contribution is 2.32. The summed E-state index contributed by atoms with van der Waals surface area (Å²) in [5, 5.41) is 0. The highest BCUT2D eigenvalue weighted by molar-refractivity contribution is 6.56. The third kappa shape index (κ3) is 6.80. The fourth-order valence-corrected chi connectivity index (χ4v) is 3.63. The molecule has 0 atom stereocenters. The van der Waals surface area contributed by atoms with E-state index in [0.717, 1.165) is 34.6 Å². The summed E-state index contributed by atoms with van der Waals surface area (Å²) in [7, 11) is 3.69. The summed E-state index contributed by atoms with van der Waals surface area (Å²) >= 11 is 0. The van der Waals surface area contributed by atoms with Gasteiger partial charge in [0.25, 0.3) is 0 Å². The summed E-state index contributed by atoms with van der Waals surface area (Å²) < 4.78 is 0. The summed E-state index contributed by atoms with van der Waals surface area (Å²) in [6.07, 6.45) is 13.0. The molecule has 0 heterocycles. The van der Waals surface area contributed by atoms with Crippen molar-refractivity contribution < 1.29 is 0 Å². The Kier molecular flexibility index (Phi) is 9.76. The first-order valence-corrected chi connectivity index (χ1v) is 11.0. The Morgan fingerprint density at radius 1 is 0.931 bits per heavy atom. The molecule has 0 aromatic heterocycles. The first-order chi connectivity index (χ1) is 13.6. The summed E-state index contributed by atoms with van der Waals surface area (Å²) in [6.45, 7) is 19.8. The highest BCUT2D eigenvalue weighted by Gasteiger charge is 2.23. The Labute approximate surface area is 180 Å². The van der Waals surface area contributed by atoms with Gasteiger partial charge in [-0.2, -0.15) is 0 Å². The largest absolute Gasteiger partial charge is 0.286 e. The molecule has 0 bridgehead atoms. The lowest BCUT2D eigenvalue weighted by Crippen LogP contribution is -2.23. The first kappa shape index (κ1) is 25.1. The molecule has 0 N–H and O–H groups in total. The van der Waals surface area contributed by atoms with Crippen molar-refractivity contribution in [2.45, 2.75) is 80.6 Å². The Morgan fingerprint density at radius 2 is 1.48 bits per heavy atom. The molecule has 0 amide bonds. The second kappa shape index (κ2) is 11.3. The molecule has 0 aromatic rings. The van der Waals surface area contributed by atoms with E-state index < -0.39 is 0 Å². The Morgan fingerprint density at radius 3 is 1.97 bits per heavy atom. The van der Waals surface area contributed by atoms with Gasteiger partial charge < -0.3 is 0 Å². The van der Waals surface area contributed by atoms with Gasteiger partial charge in [0.05, 0.1) is 11.4 Å². The van der Waals surface area contributed by atoms with Crippen molar-refractivity contribution in [1.82, 2.24) is 0 Å². The lowest BCUT2D eigenvalue weighted by atomic mass is 9.81. The Balaban J connectivity index is 3.41. The van der Waals surface area contributed by atoms with Gasteiger partial charge in [-0.25, -0.2) is 0 Å². The van der Waals surface area contributed by atoms with E-state index in [9.17, 15) is 0 Å². The van der Waals surface area contributed by atoms with Gasteiger partial charge in [0.15, 0.2) is 0 Å². The number of rotatable bonds is 8. The lowest BCUT2D eigenvalue weighted by molar-refractivity contribution is 0.496. The molecular weight excluding hydrogens is 352 g/mol. The summed E-state index contributed by atoms with van der Waals surface area (Å²) in [6, 6.07) is 0. The van der Waals surface area contributed by atoms with Crippen molar-refractivity contribution in [1.29, 1.82) is 0 Å². The second-order valence-corrected chi connectivity index (χ2v) is 9.12. The maximum Gasteiger partial charge on any atom is 0.0903 e. The average molecular weight is 395 g/mol. The van der Waals surface area contributed by atoms with Gasteiger partial charge in [-0.15, -0.1) is 0 Å². The van der Waals surface area contributed by atoms with Gasteiger partial charge in [0.2, 0.25) is 0 Å². The third-order valence-electron chi connectivity index (χ3n) is 5.78. The monoisotopic (exact) mass is 394 g/mol. The number of nitrogens with zero attached hydrogens (tertiary/aromatic N) is 2. The molecule has 1 aliphatic rings. The molecule has 2 nitrogen and oxygen atoms in total. The minimum Gasteiger partial charge on any atom is -0.286 e. The fourth-order valence-electron chi connectivity index (χ4n) is 3.63. The van der Waals surface area contributed by atoms with Gasteiger partial charge in [-0.3, -0.25) is 9.98 Å². The van der Waals surface area contributed by atoms with Crippen LogP contribution in [-0.2, 0) is 0 Å². The van der Waals surface area contributed by atoms with Crippen molar-refractivity contribution >= 4 is 11.4 Å². The van der Waals surface area contributed by atoms with E-state index in [2.05, 4.69) is 76.3 Å². The molecule has 0 radical (unpaired) electrons. The predicted octanol–water partition coefficient (Wildman–Crippen LogP) is 7.85. The molecule has 0 aliphatic heterocycles. The molecule has 1 rings (SSSR count).